The Kier molecular flexibility index (Phi) is 5.86. The van der Waals surface area contributed by atoms with E-state index in [9.17, 15) is 9.18 Å². The molecule has 2 N–H and O–H groups in total. The number of thioether (sulfide) groups is 1. The zero-order valence-electron chi connectivity index (χ0n) is 11.7. The molecule has 3 nitrogen and oxygen atoms in total. The fourth-order valence-electron chi connectivity index (χ4n) is 2.16. The standard InChI is InChI=1S/C15H21FN2OS/c1-11(10-20-14-6-4-12(16)5-7-14)15(19)18-9-13-3-2-8-17-13/h4-7,11,13,17H,2-3,8-10H2,1H3,(H,18,19). The second kappa shape index (κ2) is 7.64. The zero-order chi connectivity index (χ0) is 14.4. The van der Waals surface area contributed by atoms with Crippen molar-refractivity contribution >= 4 is 17.7 Å². The van der Waals surface area contributed by atoms with Gasteiger partial charge in [0.05, 0.1) is 0 Å². The fourth-order valence-corrected chi connectivity index (χ4v) is 3.08. The Morgan fingerprint density at radius 1 is 1.50 bits per heavy atom. The molecule has 1 aliphatic heterocycles. The SMILES string of the molecule is CC(CSc1ccc(F)cc1)C(=O)NCC1CCCN1. The highest BCUT2D eigenvalue weighted by Gasteiger charge is 2.17. The van der Waals surface area contributed by atoms with Crippen LogP contribution >= 0.6 is 11.8 Å². The van der Waals surface area contributed by atoms with Crippen LogP contribution in [0, 0.1) is 11.7 Å². The van der Waals surface area contributed by atoms with Crippen molar-refractivity contribution in [1.29, 1.82) is 0 Å². The van der Waals surface area contributed by atoms with Gasteiger partial charge in [-0.1, -0.05) is 6.92 Å². The Hall–Kier alpha value is -1.07. The van der Waals surface area contributed by atoms with Gasteiger partial charge in [0, 0.05) is 29.2 Å². The van der Waals surface area contributed by atoms with Crippen LogP contribution in [-0.4, -0.2) is 30.8 Å². The van der Waals surface area contributed by atoms with Crippen LogP contribution in [0.2, 0.25) is 0 Å². The van der Waals surface area contributed by atoms with Crippen LogP contribution in [0.4, 0.5) is 4.39 Å². The van der Waals surface area contributed by atoms with Crippen molar-refractivity contribution in [3.05, 3.63) is 30.1 Å². The van der Waals surface area contributed by atoms with E-state index in [2.05, 4.69) is 10.6 Å². The summed E-state index contributed by atoms with van der Waals surface area (Å²) in [6.45, 7) is 3.69. The lowest BCUT2D eigenvalue weighted by molar-refractivity contribution is -0.123. The maximum absolute atomic E-state index is 12.8. The van der Waals surface area contributed by atoms with Crippen LogP contribution in [-0.2, 0) is 4.79 Å². The maximum atomic E-state index is 12.8. The number of amides is 1. The molecule has 1 saturated heterocycles. The fraction of sp³-hybridized carbons (Fsp3) is 0.533. The first-order valence-corrected chi connectivity index (χ1v) is 8.03. The van der Waals surface area contributed by atoms with Crippen molar-refractivity contribution in [3.63, 3.8) is 0 Å². The third-order valence-corrected chi connectivity index (χ3v) is 4.72. The number of carbonyl (C=O) groups excluding carboxylic acids is 1. The van der Waals surface area contributed by atoms with Crippen LogP contribution in [0.5, 0.6) is 0 Å². The molecule has 0 aromatic heterocycles. The van der Waals surface area contributed by atoms with Gasteiger partial charge in [0.25, 0.3) is 0 Å². The van der Waals surface area contributed by atoms with Gasteiger partial charge in [-0.2, -0.15) is 0 Å². The summed E-state index contributed by atoms with van der Waals surface area (Å²) in [5.74, 6) is 0.513. The highest BCUT2D eigenvalue weighted by molar-refractivity contribution is 7.99. The maximum Gasteiger partial charge on any atom is 0.223 e. The Morgan fingerprint density at radius 2 is 2.25 bits per heavy atom. The van der Waals surface area contributed by atoms with Gasteiger partial charge in [-0.15, -0.1) is 11.8 Å². The van der Waals surface area contributed by atoms with Crippen molar-refractivity contribution in [2.45, 2.75) is 30.7 Å². The molecule has 1 fully saturated rings. The molecule has 0 saturated carbocycles. The molecule has 0 radical (unpaired) electrons. The van der Waals surface area contributed by atoms with Crippen LogP contribution < -0.4 is 10.6 Å². The molecule has 0 bridgehead atoms. The monoisotopic (exact) mass is 296 g/mol. The molecule has 0 aliphatic carbocycles. The predicted octanol–water partition coefficient (Wildman–Crippen LogP) is 2.42. The van der Waals surface area contributed by atoms with Gasteiger partial charge in [-0.05, 0) is 43.7 Å². The van der Waals surface area contributed by atoms with Crippen LogP contribution in [0.15, 0.2) is 29.2 Å². The Bertz CT molecular complexity index is 432. The molecule has 110 valence electrons. The summed E-state index contributed by atoms with van der Waals surface area (Å²) in [5.41, 5.74) is 0. The lowest BCUT2D eigenvalue weighted by Gasteiger charge is -2.15. The first-order chi connectivity index (χ1) is 9.65. The number of nitrogens with one attached hydrogen (secondary N) is 2. The number of hydrogen-bond acceptors (Lipinski definition) is 3. The van der Waals surface area contributed by atoms with E-state index < -0.39 is 0 Å². The van der Waals surface area contributed by atoms with E-state index >= 15 is 0 Å². The summed E-state index contributed by atoms with van der Waals surface area (Å²) < 4.78 is 12.8. The van der Waals surface area contributed by atoms with E-state index in [1.807, 2.05) is 6.92 Å². The molecule has 0 spiro atoms. The van der Waals surface area contributed by atoms with Gasteiger partial charge in [-0.25, -0.2) is 4.39 Å². The Morgan fingerprint density at radius 3 is 2.90 bits per heavy atom. The molecule has 1 heterocycles. The van der Waals surface area contributed by atoms with E-state index in [-0.39, 0.29) is 17.6 Å². The van der Waals surface area contributed by atoms with Gasteiger partial charge < -0.3 is 10.6 Å². The van der Waals surface area contributed by atoms with Crippen molar-refractivity contribution in [2.24, 2.45) is 5.92 Å². The number of rotatable bonds is 6. The zero-order valence-corrected chi connectivity index (χ0v) is 12.5. The third-order valence-electron chi connectivity index (χ3n) is 3.45. The van der Waals surface area contributed by atoms with Gasteiger partial charge in [0.15, 0.2) is 0 Å². The summed E-state index contributed by atoms with van der Waals surface area (Å²) in [6, 6.07) is 6.80. The average molecular weight is 296 g/mol. The van der Waals surface area contributed by atoms with Gasteiger partial charge in [0.1, 0.15) is 5.82 Å². The topological polar surface area (TPSA) is 41.1 Å². The molecule has 2 unspecified atom stereocenters. The molecule has 1 aromatic carbocycles. The van der Waals surface area contributed by atoms with E-state index in [0.717, 1.165) is 17.9 Å². The molecule has 2 atom stereocenters. The summed E-state index contributed by atoms with van der Waals surface area (Å²) in [5, 5.41) is 6.35. The highest BCUT2D eigenvalue weighted by Crippen LogP contribution is 2.21. The molecule has 1 aliphatic rings. The van der Waals surface area contributed by atoms with E-state index in [4.69, 9.17) is 0 Å². The third kappa shape index (κ3) is 4.80. The number of halogens is 1. The predicted molar refractivity (Wildman–Crippen MR) is 80.3 cm³/mol. The summed E-state index contributed by atoms with van der Waals surface area (Å²) in [4.78, 5) is 13.0. The largest absolute Gasteiger partial charge is 0.354 e. The number of hydrogen-bond donors (Lipinski definition) is 2. The quantitative estimate of drug-likeness (QED) is 0.792. The molecule has 20 heavy (non-hydrogen) atoms. The summed E-state index contributed by atoms with van der Waals surface area (Å²) in [6.07, 6.45) is 2.33. The van der Waals surface area contributed by atoms with Crippen LogP contribution in [0.3, 0.4) is 0 Å². The van der Waals surface area contributed by atoms with Crippen LogP contribution in [0.1, 0.15) is 19.8 Å². The van der Waals surface area contributed by atoms with E-state index in [1.54, 1.807) is 23.9 Å². The van der Waals surface area contributed by atoms with Crippen molar-refractivity contribution in [1.82, 2.24) is 10.6 Å². The highest BCUT2D eigenvalue weighted by atomic mass is 32.2. The second-order valence-electron chi connectivity index (χ2n) is 5.20. The van der Waals surface area contributed by atoms with Gasteiger partial charge in [0.2, 0.25) is 5.91 Å². The molecule has 1 amide bonds. The number of carbonyl (C=O) groups is 1. The summed E-state index contributed by atoms with van der Waals surface area (Å²) in [7, 11) is 0. The summed E-state index contributed by atoms with van der Waals surface area (Å²) >= 11 is 1.58. The second-order valence-corrected chi connectivity index (χ2v) is 6.30. The molecule has 1 aromatic rings. The first-order valence-electron chi connectivity index (χ1n) is 7.04. The Labute approximate surface area is 123 Å². The smallest absolute Gasteiger partial charge is 0.223 e. The minimum absolute atomic E-state index is 0.0496. The van der Waals surface area contributed by atoms with Crippen molar-refractivity contribution in [2.75, 3.05) is 18.8 Å². The lowest BCUT2D eigenvalue weighted by atomic mass is 10.2. The van der Waals surface area contributed by atoms with Crippen LogP contribution in [0.25, 0.3) is 0 Å². The lowest BCUT2D eigenvalue weighted by Crippen LogP contribution is -2.39. The van der Waals surface area contributed by atoms with Crippen molar-refractivity contribution in [3.8, 4) is 0 Å². The first kappa shape index (κ1) is 15.3. The molecular weight excluding hydrogens is 275 g/mol. The normalized spacial score (nSPS) is 19.8. The van der Waals surface area contributed by atoms with Crippen molar-refractivity contribution < 1.29 is 9.18 Å². The average Bonchev–Trinajstić information content (AvgIpc) is 2.97. The molecule has 5 heteroatoms. The van der Waals surface area contributed by atoms with E-state index in [1.165, 1.54) is 18.6 Å². The molecular formula is C15H21FN2OS. The number of benzene rings is 1. The van der Waals surface area contributed by atoms with Gasteiger partial charge in [-0.3, -0.25) is 4.79 Å². The Balaban J connectivity index is 1.69. The minimum atomic E-state index is -0.232. The molecule has 2 rings (SSSR count). The van der Waals surface area contributed by atoms with Gasteiger partial charge >= 0.3 is 0 Å². The minimum Gasteiger partial charge on any atom is -0.354 e. The van der Waals surface area contributed by atoms with E-state index in [0.29, 0.717) is 18.3 Å².